The molecule has 3 aromatic rings. The van der Waals surface area contributed by atoms with Gasteiger partial charge in [0.2, 0.25) is 0 Å². The molecule has 0 aliphatic carbocycles. The van der Waals surface area contributed by atoms with E-state index in [0.29, 0.717) is 17.2 Å². The van der Waals surface area contributed by atoms with Gasteiger partial charge < -0.3 is 9.64 Å². The zero-order valence-electron chi connectivity index (χ0n) is 19.6. The van der Waals surface area contributed by atoms with Crippen LogP contribution in [-0.4, -0.2) is 48.2 Å². The molecule has 0 bridgehead atoms. The summed E-state index contributed by atoms with van der Waals surface area (Å²) in [6, 6.07) is 16.5. The number of anilines is 1. The van der Waals surface area contributed by atoms with E-state index in [4.69, 9.17) is 21.3 Å². The molecular weight excluding hydrogens is 446 g/mol. The van der Waals surface area contributed by atoms with Gasteiger partial charge in [0.25, 0.3) is 0 Å². The first-order chi connectivity index (χ1) is 16.5. The maximum Gasteiger partial charge on any atom is 0.146 e. The summed E-state index contributed by atoms with van der Waals surface area (Å²) in [6.07, 6.45) is 3.59. The quantitative estimate of drug-likeness (QED) is 0.528. The normalized spacial score (nSPS) is 17.3. The molecule has 174 valence electrons. The van der Waals surface area contributed by atoms with Gasteiger partial charge in [-0.3, -0.25) is 9.88 Å². The molecule has 0 saturated carbocycles. The average molecular weight is 474 g/mol. The first-order valence-electron chi connectivity index (χ1n) is 11.7. The lowest BCUT2D eigenvalue weighted by atomic mass is 9.70. The maximum atomic E-state index is 9.55. The number of hydrogen-bond acceptors (Lipinski definition) is 6. The molecule has 4 heterocycles. The molecule has 7 heteroatoms. The third-order valence-corrected chi connectivity index (χ3v) is 7.18. The van der Waals surface area contributed by atoms with Crippen LogP contribution in [0.2, 0.25) is 5.02 Å². The van der Waals surface area contributed by atoms with Crippen LogP contribution >= 0.6 is 11.6 Å². The molecule has 1 saturated heterocycles. The van der Waals surface area contributed by atoms with Gasteiger partial charge >= 0.3 is 0 Å². The second-order valence-corrected chi connectivity index (χ2v) is 9.63. The van der Waals surface area contributed by atoms with Crippen molar-refractivity contribution in [2.75, 3.05) is 38.2 Å². The Morgan fingerprint density at radius 3 is 2.74 bits per heavy atom. The molecule has 0 amide bonds. The van der Waals surface area contributed by atoms with Crippen LogP contribution in [0.15, 0.2) is 48.7 Å². The number of likely N-dealkylation sites (N-methyl/N-ethyl adjacent to an activating group) is 1. The van der Waals surface area contributed by atoms with Crippen LogP contribution in [0.1, 0.15) is 36.6 Å². The molecule has 0 unspecified atom stereocenters. The number of ether oxygens (including phenoxy) is 1. The molecule has 2 aliphatic heterocycles. The van der Waals surface area contributed by atoms with Gasteiger partial charge in [0.05, 0.1) is 28.6 Å². The van der Waals surface area contributed by atoms with Crippen LogP contribution < -0.4 is 9.64 Å². The molecule has 1 spiro atoms. The van der Waals surface area contributed by atoms with Crippen molar-refractivity contribution >= 4 is 17.4 Å². The number of para-hydroxylation sites is 1. The van der Waals surface area contributed by atoms with Crippen LogP contribution in [0.5, 0.6) is 5.75 Å². The van der Waals surface area contributed by atoms with Gasteiger partial charge in [-0.25, -0.2) is 4.98 Å². The molecule has 1 fully saturated rings. The molecule has 0 radical (unpaired) electrons. The van der Waals surface area contributed by atoms with Gasteiger partial charge in [-0.1, -0.05) is 29.8 Å². The summed E-state index contributed by atoms with van der Waals surface area (Å²) in [4.78, 5) is 14.2. The van der Waals surface area contributed by atoms with Gasteiger partial charge in [-0.05, 0) is 56.6 Å². The fraction of sp³-hybridized carbons (Fsp3) is 0.370. The van der Waals surface area contributed by atoms with Crippen molar-refractivity contribution in [1.82, 2.24) is 14.9 Å². The van der Waals surface area contributed by atoms with Crippen molar-refractivity contribution < 1.29 is 4.74 Å². The molecule has 0 N–H and O–H groups in total. The highest BCUT2D eigenvalue weighted by Crippen LogP contribution is 2.43. The smallest absolute Gasteiger partial charge is 0.146 e. The fourth-order valence-corrected chi connectivity index (χ4v) is 5.63. The number of nitriles is 1. The van der Waals surface area contributed by atoms with Crippen LogP contribution in [0, 0.1) is 11.3 Å². The minimum absolute atomic E-state index is 0.0447. The van der Waals surface area contributed by atoms with Crippen LogP contribution in [0.4, 0.5) is 5.82 Å². The number of nitrogens with zero attached hydrogens (tertiary/aromatic N) is 5. The fourth-order valence-electron chi connectivity index (χ4n) is 5.47. The molecule has 2 aromatic heterocycles. The van der Waals surface area contributed by atoms with Crippen molar-refractivity contribution in [2.24, 2.45) is 0 Å². The minimum atomic E-state index is 0.0447. The Kier molecular flexibility index (Phi) is 6.16. The van der Waals surface area contributed by atoms with E-state index in [9.17, 15) is 5.26 Å². The summed E-state index contributed by atoms with van der Waals surface area (Å²) in [5, 5.41) is 10.0. The number of pyridine rings is 2. The van der Waals surface area contributed by atoms with E-state index in [1.807, 2.05) is 25.1 Å². The number of piperidine rings is 1. The number of halogens is 1. The average Bonchev–Trinajstić information content (AvgIpc) is 2.85. The highest BCUT2D eigenvalue weighted by molar-refractivity contribution is 6.30. The Labute approximate surface area is 205 Å². The van der Waals surface area contributed by atoms with Gasteiger partial charge in [0, 0.05) is 43.4 Å². The number of benzene rings is 1. The second-order valence-electron chi connectivity index (χ2n) is 9.20. The van der Waals surface area contributed by atoms with E-state index in [1.165, 1.54) is 5.56 Å². The molecule has 5 rings (SSSR count). The second kappa shape index (κ2) is 9.25. The maximum absolute atomic E-state index is 9.55. The predicted molar refractivity (Wildman–Crippen MR) is 134 cm³/mol. The number of fused-ring (bicyclic) bond motifs is 2. The molecule has 6 nitrogen and oxygen atoms in total. The van der Waals surface area contributed by atoms with Crippen molar-refractivity contribution in [1.29, 1.82) is 5.26 Å². The predicted octanol–water partition coefficient (Wildman–Crippen LogP) is 5.05. The highest BCUT2D eigenvalue weighted by atomic mass is 35.5. The number of hydrogen-bond donors (Lipinski definition) is 0. The van der Waals surface area contributed by atoms with Crippen molar-refractivity contribution in [3.63, 3.8) is 0 Å². The van der Waals surface area contributed by atoms with E-state index in [0.717, 1.165) is 67.5 Å². The van der Waals surface area contributed by atoms with Gasteiger partial charge in [-0.15, -0.1) is 0 Å². The minimum Gasteiger partial charge on any atom is -0.493 e. The lowest BCUT2D eigenvalue weighted by Gasteiger charge is -2.48. The van der Waals surface area contributed by atoms with Crippen molar-refractivity contribution in [3.05, 3.63) is 70.5 Å². The third-order valence-electron chi connectivity index (χ3n) is 6.97. The molecule has 0 atom stereocenters. The zero-order chi connectivity index (χ0) is 23.7. The summed E-state index contributed by atoms with van der Waals surface area (Å²) in [5.74, 6) is 1.60. The zero-order valence-corrected chi connectivity index (χ0v) is 20.3. The monoisotopic (exact) mass is 473 g/mol. The standard InChI is InChI=1S/C27H28ClN5O/c1-3-34-25-7-5-4-6-21(25)23-9-8-22-24(31-23)17-32(2)18-27(22)10-12-33(13-11-27)26-19(15-29)14-20(28)16-30-26/h4-9,14,16H,3,10-13,17-18H2,1-2H3. The van der Waals surface area contributed by atoms with E-state index < -0.39 is 0 Å². The van der Waals surface area contributed by atoms with E-state index in [1.54, 1.807) is 12.3 Å². The Morgan fingerprint density at radius 1 is 1.18 bits per heavy atom. The highest BCUT2D eigenvalue weighted by Gasteiger charge is 2.42. The summed E-state index contributed by atoms with van der Waals surface area (Å²) in [5.41, 5.74) is 5.06. The first kappa shape index (κ1) is 22.6. The van der Waals surface area contributed by atoms with Crippen molar-refractivity contribution in [2.45, 2.75) is 31.7 Å². The van der Waals surface area contributed by atoms with Gasteiger partial charge in [0.1, 0.15) is 17.6 Å². The van der Waals surface area contributed by atoms with E-state index in [2.05, 4.69) is 46.1 Å². The SMILES string of the molecule is CCOc1ccccc1-c1ccc2c(n1)CN(C)CC21CCN(c2ncc(Cl)cc2C#N)CC1. The third kappa shape index (κ3) is 4.11. The Hall–Kier alpha value is -3.14. The lowest BCUT2D eigenvalue weighted by Crippen LogP contribution is -2.51. The molecule has 34 heavy (non-hydrogen) atoms. The largest absolute Gasteiger partial charge is 0.493 e. The van der Waals surface area contributed by atoms with E-state index >= 15 is 0 Å². The topological polar surface area (TPSA) is 65.3 Å². The van der Waals surface area contributed by atoms with Crippen LogP contribution in [-0.2, 0) is 12.0 Å². The summed E-state index contributed by atoms with van der Waals surface area (Å²) in [6.45, 7) is 6.14. The first-order valence-corrected chi connectivity index (χ1v) is 12.1. The number of aromatic nitrogens is 2. The summed E-state index contributed by atoms with van der Waals surface area (Å²) < 4.78 is 5.85. The summed E-state index contributed by atoms with van der Waals surface area (Å²) >= 11 is 6.06. The van der Waals surface area contributed by atoms with Gasteiger partial charge in [-0.2, -0.15) is 5.26 Å². The molecule has 2 aliphatic rings. The van der Waals surface area contributed by atoms with Crippen molar-refractivity contribution in [3.8, 4) is 23.1 Å². The molecule has 1 aromatic carbocycles. The Morgan fingerprint density at radius 2 is 1.97 bits per heavy atom. The number of rotatable bonds is 4. The lowest BCUT2D eigenvalue weighted by molar-refractivity contribution is 0.178. The molecular formula is C27H28ClN5O. The van der Waals surface area contributed by atoms with Gasteiger partial charge in [0.15, 0.2) is 0 Å². The Bertz CT molecular complexity index is 1250. The Balaban J connectivity index is 1.44. The summed E-state index contributed by atoms with van der Waals surface area (Å²) in [7, 11) is 2.17. The van der Waals surface area contributed by atoms with Crippen LogP contribution in [0.3, 0.4) is 0 Å². The van der Waals surface area contributed by atoms with Crippen LogP contribution in [0.25, 0.3) is 11.3 Å². The van der Waals surface area contributed by atoms with E-state index in [-0.39, 0.29) is 5.41 Å².